The van der Waals surface area contributed by atoms with Crippen molar-refractivity contribution in [3.8, 4) is 0 Å². The number of nitrogens with zero attached hydrogens (tertiary/aromatic N) is 1. The van der Waals surface area contributed by atoms with E-state index in [1.54, 1.807) is 0 Å². The molecule has 4 rings (SSSR count). The minimum atomic E-state index is -0.540. The highest BCUT2D eigenvalue weighted by Gasteiger charge is 2.33. The van der Waals surface area contributed by atoms with Crippen molar-refractivity contribution in [2.45, 2.75) is 26.2 Å². The second-order valence-corrected chi connectivity index (χ2v) is 5.96. The summed E-state index contributed by atoms with van der Waals surface area (Å²) in [7, 11) is 0. The second kappa shape index (κ2) is 5.23. The molecule has 122 valence electrons. The minimum absolute atomic E-state index is 0.290. The SMILES string of the molecule is CCc1ccc([C@H]2c3c(n[nH]c3C)Nc3[nH]c(=O)[nH]c(=O)c32)cc1. The fourth-order valence-electron chi connectivity index (χ4n) is 3.30. The molecule has 3 heterocycles. The van der Waals surface area contributed by atoms with Crippen LogP contribution in [0.15, 0.2) is 33.9 Å². The van der Waals surface area contributed by atoms with E-state index in [4.69, 9.17) is 0 Å². The van der Waals surface area contributed by atoms with Crippen LogP contribution < -0.4 is 16.6 Å². The van der Waals surface area contributed by atoms with Crippen LogP contribution in [0.1, 0.15) is 40.8 Å². The number of fused-ring (bicyclic) bond motifs is 2. The summed E-state index contributed by atoms with van der Waals surface area (Å²) in [6.45, 7) is 4.02. The highest BCUT2D eigenvalue weighted by atomic mass is 16.2. The number of aryl methyl sites for hydroxylation is 2. The van der Waals surface area contributed by atoms with Gasteiger partial charge in [0, 0.05) is 17.2 Å². The first-order chi connectivity index (χ1) is 11.6. The van der Waals surface area contributed by atoms with Crippen molar-refractivity contribution >= 4 is 11.6 Å². The summed E-state index contributed by atoms with van der Waals surface area (Å²) in [6, 6.07) is 8.18. The number of rotatable bonds is 2. The molecule has 1 aliphatic rings. The Morgan fingerprint density at radius 2 is 1.83 bits per heavy atom. The Morgan fingerprint density at radius 3 is 2.54 bits per heavy atom. The molecule has 24 heavy (non-hydrogen) atoms. The highest BCUT2D eigenvalue weighted by Crippen LogP contribution is 2.42. The van der Waals surface area contributed by atoms with Crippen molar-refractivity contribution in [1.82, 2.24) is 20.2 Å². The molecule has 7 nitrogen and oxygen atoms in total. The van der Waals surface area contributed by atoms with Crippen LogP contribution in [0.2, 0.25) is 0 Å². The van der Waals surface area contributed by atoms with E-state index in [1.807, 2.05) is 19.1 Å². The number of anilines is 2. The van der Waals surface area contributed by atoms with Crippen LogP contribution in [0.4, 0.5) is 11.6 Å². The topological polar surface area (TPSA) is 106 Å². The molecule has 1 aromatic carbocycles. The highest BCUT2D eigenvalue weighted by molar-refractivity contribution is 5.71. The fraction of sp³-hybridized carbons (Fsp3) is 0.235. The molecule has 4 N–H and O–H groups in total. The summed E-state index contributed by atoms with van der Waals surface area (Å²) >= 11 is 0. The Labute approximate surface area is 137 Å². The van der Waals surface area contributed by atoms with Gasteiger partial charge in [0.15, 0.2) is 5.82 Å². The molecule has 3 aromatic rings. The summed E-state index contributed by atoms with van der Waals surface area (Å²) < 4.78 is 0. The molecule has 0 fully saturated rings. The number of aromatic nitrogens is 4. The van der Waals surface area contributed by atoms with E-state index in [2.05, 4.69) is 44.5 Å². The average Bonchev–Trinajstić information content (AvgIpc) is 2.94. The lowest BCUT2D eigenvalue weighted by Crippen LogP contribution is -2.31. The van der Waals surface area contributed by atoms with Gasteiger partial charge in [-0.2, -0.15) is 5.10 Å². The van der Waals surface area contributed by atoms with Gasteiger partial charge in [-0.05, 0) is 24.5 Å². The van der Waals surface area contributed by atoms with Gasteiger partial charge in [-0.25, -0.2) is 4.79 Å². The maximum atomic E-state index is 12.5. The third-order valence-electron chi connectivity index (χ3n) is 4.52. The van der Waals surface area contributed by atoms with Crippen LogP contribution in [0.3, 0.4) is 0 Å². The number of aromatic amines is 3. The molecule has 2 aromatic heterocycles. The van der Waals surface area contributed by atoms with Crippen molar-refractivity contribution in [3.05, 3.63) is 73.1 Å². The molecule has 0 radical (unpaired) electrons. The molecular weight excluding hydrogens is 306 g/mol. The van der Waals surface area contributed by atoms with Gasteiger partial charge in [0.2, 0.25) is 0 Å². The summed E-state index contributed by atoms with van der Waals surface area (Å²) in [5.41, 5.74) is 3.59. The molecule has 0 saturated carbocycles. The van der Waals surface area contributed by atoms with Gasteiger partial charge >= 0.3 is 5.69 Å². The van der Waals surface area contributed by atoms with Crippen molar-refractivity contribution in [1.29, 1.82) is 0 Å². The van der Waals surface area contributed by atoms with Gasteiger partial charge in [-0.3, -0.25) is 19.9 Å². The maximum absolute atomic E-state index is 12.5. The zero-order valence-electron chi connectivity index (χ0n) is 13.4. The molecule has 7 heteroatoms. The predicted molar refractivity (Wildman–Crippen MR) is 91.1 cm³/mol. The van der Waals surface area contributed by atoms with Crippen molar-refractivity contribution in [2.24, 2.45) is 0 Å². The first-order valence-corrected chi connectivity index (χ1v) is 7.85. The van der Waals surface area contributed by atoms with E-state index < -0.39 is 11.2 Å². The van der Waals surface area contributed by atoms with Gasteiger partial charge in [-0.1, -0.05) is 31.2 Å². The van der Waals surface area contributed by atoms with Gasteiger partial charge in [0.25, 0.3) is 5.56 Å². The average molecular weight is 323 g/mol. The lowest BCUT2D eigenvalue weighted by Gasteiger charge is -2.25. The molecule has 1 atom stereocenters. The third kappa shape index (κ3) is 2.09. The Morgan fingerprint density at radius 1 is 1.08 bits per heavy atom. The Balaban J connectivity index is 1.99. The molecule has 0 saturated heterocycles. The standard InChI is InChI=1S/C17H17N5O2/c1-3-9-4-6-10(7-5-9)12-11-8(2)21-22-15(11)18-14-13(12)16(23)20-17(24)19-14/h4-7,12H,3H2,1-2H3,(H4,18,19,20,21,22,23,24)/t12-/m0/s1. The summed E-state index contributed by atoms with van der Waals surface area (Å²) in [5.74, 6) is 0.736. The first kappa shape index (κ1) is 14.5. The molecule has 0 bridgehead atoms. The first-order valence-electron chi connectivity index (χ1n) is 7.85. The van der Waals surface area contributed by atoms with Gasteiger partial charge in [-0.15, -0.1) is 0 Å². The van der Waals surface area contributed by atoms with Crippen LogP contribution in [0, 0.1) is 6.92 Å². The van der Waals surface area contributed by atoms with Gasteiger partial charge < -0.3 is 5.32 Å². The third-order valence-corrected chi connectivity index (χ3v) is 4.52. The Kier molecular flexibility index (Phi) is 3.16. The van der Waals surface area contributed by atoms with Crippen LogP contribution >= 0.6 is 0 Å². The van der Waals surface area contributed by atoms with Crippen molar-refractivity contribution < 1.29 is 0 Å². The van der Waals surface area contributed by atoms with Crippen molar-refractivity contribution in [3.63, 3.8) is 0 Å². The Hall–Kier alpha value is -3.09. The van der Waals surface area contributed by atoms with Crippen LogP contribution in [-0.4, -0.2) is 20.2 Å². The predicted octanol–water partition coefficient (Wildman–Crippen LogP) is 1.89. The van der Waals surface area contributed by atoms with E-state index in [0.717, 1.165) is 23.2 Å². The maximum Gasteiger partial charge on any atom is 0.327 e. The molecular formula is C17H17N5O2. The quantitative estimate of drug-likeness (QED) is 0.452. The minimum Gasteiger partial charge on any atom is -0.324 e. The number of H-pyrrole nitrogens is 3. The summed E-state index contributed by atoms with van der Waals surface area (Å²) in [6.07, 6.45) is 0.951. The fourth-order valence-corrected chi connectivity index (χ4v) is 3.30. The molecule has 0 aliphatic carbocycles. The van der Waals surface area contributed by atoms with Gasteiger partial charge in [0.05, 0.1) is 5.56 Å². The molecule has 0 spiro atoms. The van der Waals surface area contributed by atoms with Gasteiger partial charge in [0.1, 0.15) is 5.82 Å². The van der Waals surface area contributed by atoms with Crippen LogP contribution in [0.5, 0.6) is 0 Å². The zero-order chi connectivity index (χ0) is 16.8. The molecule has 0 amide bonds. The number of hydrogen-bond acceptors (Lipinski definition) is 4. The van der Waals surface area contributed by atoms with E-state index in [-0.39, 0.29) is 5.92 Å². The zero-order valence-corrected chi connectivity index (χ0v) is 13.4. The molecule has 1 aliphatic heterocycles. The molecule has 0 unspecified atom stereocenters. The van der Waals surface area contributed by atoms with E-state index >= 15 is 0 Å². The monoisotopic (exact) mass is 323 g/mol. The Bertz CT molecular complexity index is 1030. The normalized spacial score (nSPS) is 15.5. The number of benzene rings is 1. The van der Waals surface area contributed by atoms with E-state index in [1.165, 1.54) is 5.56 Å². The largest absolute Gasteiger partial charge is 0.327 e. The lowest BCUT2D eigenvalue weighted by molar-refractivity contribution is 0.880. The van der Waals surface area contributed by atoms with Crippen molar-refractivity contribution in [2.75, 3.05) is 5.32 Å². The smallest absolute Gasteiger partial charge is 0.324 e. The second-order valence-electron chi connectivity index (χ2n) is 5.96. The summed E-state index contributed by atoms with van der Waals surface area (Å²) in [4.78, 5) is 29.1. The summed E-state index contributed by atoms with van der Waals surface area (Å²) in [5, 5.41) is 10.3. The number of nitrogens with one attached hydrogen (secondary N) is 4. The number of hydrogen-bond donors (Lipinski definition) is 4. The van der Waals surface area contributed by atoms with Crippen LogP contribution in [-0.2, 0) is 6.42 Å². The van der Waals surface area contributed by atoms with E-state index in [0.29, 0.717) is 17.2 Å². The van der Waals surface area contributed by atoms with E-state index in [9.17, 15) is 9.59 Å². The lowest BCUT2D eigenvalue weighted by atomic mass is 9.83. The van der Waals surface area contributed by atoms with Crippen LogP contribution in [0.25, 0.3) is 0 Å².